The van der Waals surface area contributed by atoms with Crippen molar-refractivity contribution in [1.82, 2.24) is 9.97 Å². The van der Waals surface area contributed by atoms with Gasteiger partial charge in [-0.2, -0.15) is 0 Å². The van der Waals surface area contributed by atoms with Crippen LogP contribution in [0.15, 0.2) is 30.7 Å². The predicted octanol–water partition coefficient (Wildman–Crippen LogP) is 3.04. The molecule has 106 valence electrons. The van der Waals surface area contributed by atoms with Gasteiger partial charge in [0.1, 0.15) is 29.4 Å². The number of halogens is 2. The van der Waals surface area contributed by atoms with E-state index in [1.54, 1.807) is 19.2 Å². The van der Waals surface area contributed by atoms with Crippen molar-refractivity contribution in [3.63, 3.8) is 0 Å². The number of nitrogens with zero attached hydrogens (tertiary/aromatic N) is 2. The zero-order chi connectivity index (χ0) is 14.4. The van der Waals surface area contributed by atoms with Crippen LogP contribution in [0.4, 0.5) is 15.9 Å². The number of ether oxygens (including phenoxy) is 2. The van der Waals surface area contributed by atoms with Crippen molar-refractivity contribution in [2.24, 2.45) is 0 Å². The Balaban J connectivity index is 2.23. The molecule has 1 heterocycles. The Morgan fingerprint density at radius 1 is 1.35 bits per heavy atom. The number of hydrogen-bond acceptors (Lipinski definition) is 5. The lowest BCUT2D eigenvalue weighted by molar-refractivity contribution is 0.146. The van der Waals surface area contributed by atoms with Crippen LogP contribution in [0, 0.1) is 5.82 Å². The van der Waals surface area contributed by atoms with E-state index in [0.29, 0.717) is 29.8 Å². The second kappa shape index (κ2) is 7.02. The van der Waals surface area contributed by atoms with Crippen molar-refractivity contribution in [2.75, 3.05) is 25.6 Å². The molecule has 0 unspecified atom stereocenters. The minimum Gasteiger partial charge on any atom is -0.489 e. The first-order valence-electron chi connectivity index (χ1n) is 5.85. The maximum absolute atomic E-state index is 13.9. The standard InChI is InChI=1S/C13H13ClFN3O2/c1-19-5-6-20-11-4-2-3-10(15)12(11)18-13-9(14)7-16-8-17-13/h2-4,7-8H,5-6H2,1H3,(H,16,17,18). The van der Waals surface area contributed by atoms with Crippen LogP contribution in [0.5, 0.6) is 5.75 Å². The van der Waals surface area contributed by atoms with Gasteiger partial charge in [-0.15, -0.1) is 0 Å². The zero-order valence-corrected chi connectivity index (χ0v) is 11.5. The molecule has 1 N–H and O–H groups in total. The summed E-state index contributed by atoms with van der Waals surface area (Å²) >= 11 is 5.93. The first-order chi connectivity index (χ1) is 9.72. The van der Waals surface area contributed by atoms with Gasteiger partial charge in [-0.1, -0.05) is 17.7 Å². The summed E-state index contributed by atoms with van der Waals surface area (Å²) in [7, 11) is 1.56. The first kappa shape index (κ1) is 14.5. The van der Waals surface area contributed by atoms with E-state index in [9.17, 15) is 4.39 Å². The lowest BCUT2D eigenvalue weighted by Crippen LogP contribution is -2.07. The largest absolute Gasteiger partial charge is 0.489 e. The second-order valence-corrected chi connectivity index (χ2v) is 4.21. The molecule has 0 aliphatic heterocycles. The summed E-state index contributed by atoms with van der Waals surface area (Å²) in [5.41, 5.74) is 0.171. The Kier molecular flexibility index (Phi) is 5.09. The minimum atomic E-state index is -0.463. The molecule has 7 heteroatoms. The van der Waals surface area contributed by atoms with Gasteiger partial charge >= 0.3 is 0 Å². The van der Waals surface area contributed by atoms with Crippen LogP contribution in [-0.4, -0.2) is 30.3 Å². The molecule has 0 spiro atoms. The highest BCUT2D eigenvalue weighted by Crippen LogP contribution is 2.31. The molecule has 0 atom stereocenters. The zero-order valence-electron chi connectivity index (χ0n) is 10.8. The molecule has 2 aromatic rings. The molecule has 0 fully saturated rings. The lowest BCUT2D eigenvalue weighted by atomic mass is 10.2. The summed E-state index contributed by atoms with van der Waals surface area (Å²) in [6.45, 7) is 0.719. The van der Waals surface area contributed by atoms with Crippen LogP contribution >= 0.6 is 11.6 Å². The van der Waals surface area contributed by atoms with Crippen molar-refractivity contribution >= 4 is 23.1 Å². The van der Waals surface area contributed by atoms with Crippen molar-refractivity contribution in [3.8, 4) is 5.75 Å². The van der Waals surface area contributed by atoms with Crippen molar-refractivity contribution in [2.45, 2.75) is 0 Å². The summed E-state index contributed by atoms with van der Waals surface area (Å²) in [4.78, 5) is 7.72. The Morgan fingerprint density at radius 2 is 2.20 bits per heavy atom. The predicted molar refractivity (Wildman–Crippen MR) is 74.1 cm³/mol. The van der Waals surface area contributed by atoms with Gasteiger partial charge < -0.3 is 14.8 Å². The van der Waals surface area contributed by atoms with E-state index in [-0.39, 0.29) is 5.69 Å². The number of hydrogen-bond donors (Lipinski definition) is 1. The van der Waals surface area contributed by atoms with Gasteiger partial charge in [0, 0.05) is 7.11 Å². The fourth-order valence-corrected chi connectivity index (χ4v) is 1.66. The highest BCUT2D eigenvalue weighted by atomic mass is 35.5. The molecule has 0 saturated carbocycles. The monoisotopic (exact) mass is 297 g/mol. The fourth-order valence-electron chi connectivity index (χ4n) is 1.50. The van der Waals surface area contributed by atoms with Gasteiger partial charge in [0.15, 0.2) is 11.6 Å². The lowest BCUT2D eigenvalue weighted by Gasteiger charge is -2.13. The highest BCUT2D eigenvalue weighted by molar-refractivity contribution is 6.32. The summed E-state index contributed by atoms with van der Waals surface area (Å²) in [5, 5.41) is 3.10. The summed E-state index contributed by atoms with van der Waals surface area (Å²) in [6, 6.07) is 4.53. The van der Waals surface area contributed by atoms with Crippen LogP contribution in [-0.2, 0) is 4.74 Å². The first-order valence-corrected chi connectivity index (χ1v) is 6.23. The Morgan fingerprint density at radius 3 is 2.95 bits per heavy atom. The summed E-state index contributed by atoms with van der Waals surface area (Å²) in [5.74, 6) is 0.203. The van der Waals surface area contributed by atoms with Crippen LogP contribution in [0.1, 0.15) is 0 Å². The van der Waals surface area contributed by atoms with Crippen molar-refractivity contribution in [3.05, 3.63) is 41.6 Å². The maximum Gasteiger partial charge on any atom is 0.152 e. The number of anilines is 2. The third-order valence-electron chi connectivity index (χ3n) is 2.43. The van der Waals surface area contributed by atoms with Crippen LogP contribution in [0.25, 0.3) is 0 Å². The van der Waals surface area contributed by atoms with Crippen molar-refractivity contribution in [1.29, 1.82) is 0 Å². The van der Waals surface area contributed by atoms with Gasteiger partial charge in [-0.05, 0) is 12.1 Å². The minimum absolute atomic E-state index is 0.171. The topological polar surface area (TPSA) is 56.3 Å². The Hall–Kier alpha value is -1.92. The SMILES string of the molecule is COCCOc1cccc(F)c1Nc1ncncc1Cl. The molecule has 0 bridgehead atoms. The quantitative estimate of drug-likeness (QED) is 0.831. The third kappa shape index (κ3) is 3.55. The molecule has 1 aromatic carbocycles. The number of nitrogens with one attached hydrogen (secondary N) is 1. The van der Waals surface area contributed by atoms with E-state index in [1.807, 2.05) is 0 Å². The summed E-state index contributed by atoms with van der Waals surface area (Å²) in [6.07, 6.45) is 2.74. The van der Waals surface area contributed by atoms with Crippen LogP contribution in [0.3, 0.4) is 0 Å². The van der Waals surface area contributed by atoms with Crippen LogP contribution < -0.4 is 10.1 Å². The fraction of sp³-hybridized carbons (Fsp3) is 0.231. The number of methoxy groups -OCH3 is 1. The molecule has 0 amide bonds. The number of para-hydroxylation sites is 1. The van der Waals surface area contributed by atoms with E-state index in [0.717, 1.165) is 0 Å². The van der Waals surface area contributed by atoms with Gasteiger partial charge in [-0.3, -0.25) is 0 Å². The van der Waals surface area contributed by atoms with E-state index in [1.165, 1.54) is 18.6 Å². The van der Waals surface area contributed by atoms with E-state index in [4.69, 9.17) is 21.1 Å². The Bertz CT molecular complexity index is 583. The van der Waals surface area contributed by atoms with Gasteiger partial charge in [0.05, 0.1) is 12.8 Å². The second-order valence-electron chi connectivity index (χ2n) is 3.80. The average molecular weight is 298 g/mol. The molecular formula is C13H13ClFN3O2. The molecule has 0 radical (unpaired) electrons. The maximum atomic E-state index is 13.9. The molecule has 2 rings (SSSR count). The van der Waals surface area contributed by atoms with E-state index >= 15 is 0 Å². The van der Waals surface area contributed by atoms with Gasteiger partial charge in [0.2, 0.25) is 0 Å². The number of aromatic nitrogens is 2. The molecular weight excluding hydrogens is 285 g/mol. The smallest absolute Gasteiger partial charge is 0.152 e. The normalized spacial score (nSPS) is 10.3. The van der Waals surface area contributed by atoms with Gasteiger partial charge in [0.25, 0.3) is 0 Å². The van der Waals surface area contributed by atoms with Crippen LogP contribution in [0.2, 0.25) is 5.02 Å². The third-order valence-corrected chi connectivity index (χ3v) is 2.71. The van der Waals surface area contributed by atoms with Crippen molar-refractivity contribution < 1.29 is 13.9 Å². The van der Waals surface area contributed by atoms with Gasteiger partial charge in [-0.25, -0.2) is 14.4 Å². The molecule has 0 saturated heterocycles. The molecule has 0 aliphatic carbocycles. The van der Waals surface area contributed by atoms with E-state index in [2.05, 4.69) is 15.3 Å². The molecule has 20 heavy (non-hydrogen) atoms. The molecule has 5 nitrogen and oxygen atoms in total. The Labute approximate surface area is 120 Å². The average Bonchev–Trinajstić information content (AvgIpc) is 2.44. The summed E-state index contributed by atoms with van der Waals surface area (Å²) < 4.78 is 24.3. The number of rotatable bonds is 6. The highest BCUT2D eigenvalue weighted by Gasteiger charge is 2.12. The number of benzene rings is 1. The van der Waals surface area contributed by atoms with E-state index < -0.39 is 5.82 Å². The molecule has 0 aliphatic rings. The molecule has 1 aromatic heterocycles.